The van der Waals surface area contributed by atoms with Gasteiger partial charge in [-0.2, -0.15) is 0 Å². The molecule has 2 heterocycles. The fourth-order valence-corrected chi connectivity index (χ4v) is 3.87. The number of fused-ring (bicyclic) bond motifs is 1. The van der Waals surface area contributed by atoms with Crippen molar-refractivity contribution in [2.75, 3.05) is 0 Å². The van der Waals surface area contributed by atoms with E-state index in [2.05, 4.69) is 15.3 Å². The lowest BCUT2D eigenvalue weighted by atomic mass is 9.90. The first kappa shape index (κ1) is 23.9. The van der Waals surface area contributed by atoms with E-state index in [0.29, 0.717) is 11.6 Å². The second-order valence-electron chi connectivity index (χ2n) is 8.05. The van der Waals surface area contributed by atoms with Crippen LogP contribution in [0.4, 0.5) is 17.6 Å². The summed E-state index contributed by atoms with van der Waals surface area (Å²) in [6, 6.07) is 8.44. The van der Waals surface area contributed by atoms with Gasteiger partial charge in [0.1, 0.15) is 29.0 Å². The molecule has 0 saturated heterocycles. The molecule has 6 nitrogen and oxygen atoms in total. The smallest absolute Gasteiger partial charge is 0.255 e. The number of hydrogen-bond acceptors (Lipinski definition) is 4. The molecule has 0 aliphatic rings. The predicted octanol–water partition coefficient (Wildman–Crippen LogP) is 4.39. The van der Waals surface area contributed by atoms with Crippen molar-refractivity contribution in [3.8, 4) is 5.75 Å². The zero-order valence-electron chi connectivity index (χ0n) is 18.3. The number of phenols is 1. The summed E-state index contributed by atoms with van der Waals surface area (Å²) in [5, 5.41) is 11.8. The number of rotatable bonds is 6. The summed E-state index contributed by atoms with van der Waals surface area (Å²) in [5.41, 5.74) is -1.14. The quantitative estimate of drug-likeness (QED) is 0.353. The Kier molecular flexibility index (Phi) is 6.54. The Morgan fingerprint density at radius 2 is 1.77 bits per heavy atom. The van der Waals surface area contributed by atoms with Gasteiger partial charge in [-0.3, -0.25) is 14.6 Å². The predicted molar refractivity (Wildman–Crippen MR) is 120 cm³/mol. The van der Waals surface area contributed by atoms with Crippen LogP contribution in [0.25, 0.3) is 10.9 Å². The maximum absolute atomic E-state index is 15.5. The lowest BCUT2D eigenvalue weighted by molar-refractivity contribution is -0.123. The summed E-state index contributed by atoms with van der Waals surface area (Å²) >= 11 is 0. The Morgan fingerprint density at radius 1 is 1.06 bits per heavy atom. The number of hydrogen-bond donors (Lipinski definition) is 3. The number of carbonyl (C=O) groups excluding carboxylic acids is 1. The van der Waals surface area contributed by atoms with Crippen molar-refractivity contribution in [1.29, 1.82) is 0 Å². The van der Waals surface area contributed by atoms with Crippen molar-refractivity contribution in [2.24, 2.45) is 0 Å². The molecule has 0 fully saturated rings. The third-order valence-electron chi connectivity index (χ3n) is 5.59. The highest BCUT2D eigenvalue weighted by atomic mass is 19.1. The van der Waals surface area contributed by atoms with E-state index < -0.39 is 52.3 Å². The van der Waals surface area contributed by atoms with E-state index in [9.17, 15) is 27.9 Å². The third kappa shape index (κ3) is 5.01. The fraction of sp³-hybridized carbons (Fsp3) is 0.160. The first-order chi connectivity index (χ1) is 16.6. The van der Waals surface area contributed by atoms with Gasteiger partial charge in [-0.25, -0.2) is 17.6 Å². The highest BCUT2D eigenvalue weighted by Gasteiger charge is 2.30. The highest BCUT2D eigenvalue weighted by molar-refractivity contribution is 5.87. The normalized spacial score (nSPS) is 12.9. The molecule has 2 aromatic heterocycles. The Balaban J connectivity index is 1.77. The molecule has 10 heteroatoms. The van der Waals surface area contributed by atoms with E-state index >= 15 is 4.39 Å². The first-order valence-corrected chi connectivity index (χ1v) is 10.5. The van der Waals surface area contributed by atoms with Gasteiger partial charge in [-0.15, -0.1) is 0 Å². The summed E-state index contributed by atoms with van der Waals surface area (Å²) in [5.74, 6) is -5.98. The Hall–Kier alpha value is -4.21. The average molecular weight is 485 g/mol. The molecular formula is C25H19F4N3O3. The molecule has 3 N–H and O–H groups in total. The second-order valence-corrected chi connectivity index (χ2v) is 8.05. The van der Waals surface area contributed by atoms with Gasteiger partial charge in [0.05, 0.1) is 34.9 Å². The van der Waals surface area contributed by atoms with Crippen LogP contribution in [0.1, 0.15) is 35.7 Å². The number of aromatic amines is 1. The second kappa shape index (κ2) is 9.57. The number of carbonyl (C=O) groups is 1. The van der Waals surface area contributed by atoms with E-state index in [1.165, 1.54) is 37.3 Å². The lowest BCUT2D eigenvalue weighted by Crippen LogP contribution is -2.36. The van der Waals surface area contributed by atoms with Crippen LogP contribution in [0.3, 0.4) is 0 Å². The molecule has 1 amide bonds. The van der Waals surface area contributed by atoms with Crippen molar-refractivity contribution < 1.29 is 27.5 Å². The van der Waals surface area contributed by atoms with Gasteiger partial charge in [0.25, 0.3) is 5.56 Å². The highest BCUT2D eigenvalue weighted by Crippen LogP contribution is 2.28. The number of nitrogens with one attached hydrogen (secondary N) is 2. The molecule has 0 aliphatic heterocycles. The van der Waals surface area contributed by atoms with Crippen LogP contribution in [0, 0.1) is 23.3 Å². The number of pyridine rings is 2. The summed E-state index contributed by atoms with van der Waals surface area (Å²) in [6.07, 6.45) is 0.621. The van der Waals surface area contributed by atoms with Crippen LogP contribution in [-0.2, 0) is 11.2 Å². The molecule has 2 atom stereocenters. The molecule has 4 aromatic rings. The summed E-state index contributed by atoms with van der Waals surface area (Å²) in [4.78, 5) is 32.3. The maximum Gasteiger partial charge on any atom is 0.255 e. The van der Waals surface area contributed by atoms with E-state index in [4.69, 9.17) is 0 Å². The zero-order chi connectivity index (χ0) is 25.3. The molecule has 180 valence electrons. The topological polar surface area (TPSA) is 95.1 Å². The minimum atomic E-state index is -1.41. The van der Waals surface area contributed by atoms with Crippen molar-refractivity contribution in [1.82, 2.24) is 15.3 Å². The standard InChI is InChI=1S/C25H19F4N3O3/c1-12(23-19(28)10-15(27)11-30-23)31-24(34)18(8-13-2-5-16(33)6-3-13)21-22(29)17-9-14(26)4-7-20(17)32-25(21)35/h2-7,9-12,18,33H,8H2,1H3,(H,31,34)(H,32,35). The summed E-state index contributed by atoms with van der Waals surface area (Å²) < 4.78 is 56.7. The van der Waals surface area contributed by atoms with Gasteiger partial charge < -0.3 is 15.4 Å². The van der Waals surface area contributed by atoms with Crippen molar-refractivity contribution in [2.45, 2.75) is 25.3 Å². The molecule has 0 spiro atoms. The fourth-order valence-electron chi connectivity index (χ4n) is 3.87. The number of H-pyrrole nitrogens is 1. The number of nitrogens with zero attached hydrogens (tertiary/aromatic N) is 1. The van der Waals surface area contributed by atoms with Gasteiger partial charge in [-0.1, -0.05) is 12.1 Å². The summed E-state index contributed by atoms with van der Waals surface area (Å²) in [6.45, 7) is 1.40. The number of aromatic nitrogens is 2. The van der Waals surface area contributed by atoms with Crippen LogP contribution in [0.5, 0.6) is 5.75 Å². The van der Waals surface area contributed by atoms with E-state index in [0.717, 1.165) is 18.3 Å². The van der Waals surface area contributed by atoms with Crippen molar-refractivity contribution in [3.05, 3.63) is 105 Å². The molecule has 0 saturated carbocycles. The van der Waals surface area contributed by atoms with E-state index in [1.54, 1.807) is 0 Å². The largest absolute Gasteiger partial charge is 0.508 e. The molecular weight excluding hydrogens is 466 g/mol. The molecule has 0 aliphatic carbocycles. The molecule has 4 rings (SSSR count). The van der Waals surface area contributed by atoms with Crippen LogP contribution >= 0.6 is 0 Å². The van der Waals surface area contributed by atoms with Crippen molar-refractivity contribution >= 4 is 16.8 Å². The lowest BCUT2D eigenvalue weighted by Gasteiger charge is -2.21. The number of halogens is 4. The minimum Gasteiger partial charge on any atom is -0.508 e. The molecule has 0 bridgehead atoms. The van der Waals surface area contributed by atoms with Crippen LogP contribution < -0.4 is 10.9 Å². The Bertz CT molecular complexity index is 1470. The minimum absolute atomic E-state index is 0.0357. The molecule has 2 aromatic carbocycles. The Labute approximate surface area is 196 Å². The van der Waals surface area contributed by atoms with Crippen LogP contribution in [0.15, 0.2) is 59.5 Å². The van der Waals surface area contributed by atoms with Gasteiger partial charge in [0.15, 0.2) is 0 Å². The number of aromatic hydroxyl groups is 1. The zero-order valence-corrected chi connectivity index (χ0v) is 18.3. The number of phenolic OH excluding ortho intramolecular Hbond substituents is 1. The van der Waals surface area contributed by atoms with Gasteiger partial charge in [0.2, 0.25) is 5.91 Å². The van der Waals surface area contributed by atoms with Crippen molar-refractivity contribution in [3.63, 3.8) is 0 Å². The molecule has 2 unspecified atom stereocenters. The van der Waals surface area contributed by atoms with E-state index in [-0.39, 0.29) is 28.8 Å². The molecule has 0 radical (unpaired) electrons. The SMILES string of the molecule is CC(NC(=O)C(Cc1ccc(O)cc1)c1c(F)c2cc(F)ccc2[nH]c1=O)c1ncc(F)cc1F. The summed E-state index contributed by atoms with van der Waals surface area (Å²) in [7, 11) is 0. The van der Waals surface area contributed by atoms with Gasteiger partial charge in [-0.05, 0) is 49.2 Å². The number of amides is 1. The van der Waals surface area contributed by atoms with Crippen LogP contribution in [-0.4, -0.2) is 21.0 Å². The maximum atomic E-state index is 15.5. The van der Waals surface area contributed by atoms with Gasteiger partial charge >= 0.3 is 0 Å². The van der Waals surface area contributed by atoms with Crippen LogP contribution in [0.2, 0.25) is 0 Å². The monoisotopic (exact) mass is 485 g/mol. The average Bonchev–Trinajstić information content (AvgIpc) is 2.80. The first-order valence-electron chi connectivity index (χ1n) is 10.5. The molecule has 35 heavy (non-hydrogen) atoms. The Morgan fingerprint density at radius 3 is 2.46 bits per heavy atom. The number of benzene rings is 2. The van der Waals surface area contributed by atoms with E-state index in [1.807, 2.05) is 0 Å². The van der Waals surface area contributed by atoms with Gasteiger partial charge in [0, 0.05) is 11.5 Å². The third-order valence-corrected chi connectivity index (χ3v) is 5.59.